The Morgan fingerprint density at radius 3 is 2.45 bits per heavy atom. The quantitative estimate of drug-likeness (QED) is 0.217. The lowest BCUT2D eigenvalue weighted by molar-refractivity contribution is -0.142. The van der Waals surface area contributed by atoms with Crippen LogP contribution in [-0.4, -0.2) is 40.6 Å². The highest BCUT2D eigenvalue weighted by Crippen LogP contribution is 2.43. The highest BCUT2D eigenvalue weighted by atomic mass is 16.5. The highest BCUT2D eigenvalue weighted by molar-refractivity contribution is 6.51. The van der Waals surface area contributed by atoms with Gasteiger partial charge in [-0.15, -0.1) is 0 Å². The Labute approximate surface area is 219 Å². The molecule has 0 aliphatic carbocycles. The Balaban J connectivity index is 1.58. The molecular weight excluding hydrogens is 486 g/mol. The molecule has 0 saturated carbocycles. The van der Waals surface area contributed by atoms with Crippen LogP contribution in [0, 0.1) is 0 Å². The number of aliphatic hydroxyl groups is 1. The molecule has 2 aliphatic rings. The van der Waals surface area contributed by atoms with E-state index < -0.39 is 17.7 Å². The van der Waals surface area contributed by atoms with Crippen molar-refractivity contribution in [1.82, 2.24) is 0 Å². The largest absolute Gasteiger partial charge is 0.508 e. The molecule has 194 valence electrons. The van der Waals surface area contributed by atoms with E-state index in [1.807, 2.05) is 6.92 Å². The predicted octanol–water partition coefficient (Wildman–Crippen LogP) is 4.45. The average molecular weight is 514 g/mol. The number of nitrogens with zero attached hydrogens (tertiary/aromatic N) is 1. The standard InChI is InChI=1S/C30H27NO7/c1-3-37-25(33)15-18-4-9-22(10-5-18)31-27(19-6-11-23(32)12-7-19)26(29(35)30(31)36)28(34)20-8-13-24-21(16-20)14-17(2)38-24/h4-13,16-17,27,32,34H,3,14-15H2,1-2H3/b28-26-. The number of phenolic OH excluding ortho intramolecular Hbond substituents is 1. The lowest BCUT2D eigenvalue weighted by atomic mass is 9.94. The molecule has 8 nitrogen and oxygen atoms in total. The van der Waals surface area contributed by atoms with Crippen LogP contribution in [0.15, 0.2) is 72.3 Å². The second-order valence-electron chi connectivity index (χ2n) is 9.36. The van der Waals surface area contributed by atoms with E-state index in [2.05, 4.69) is 0 Å². The van der Waals surface area contributed by atoms with Gasteiger partial charge in [0.05, 0.1) is 24.6 Å². The molecule has 38 heavy (non-hydrogen) atoms. The fraction of sp³-hybridized carbons (Fsp3) is 0.233. The van der Waals surface area contributed by atoms with Crippen LogP contribution in [0.1, 0.15) is 42.1 Å². The Hall–Kier alpha value is -4.59. The first-order valence-electron chi connectivity index (χ1n) is 12.4. The molecule has 2 N–H and O–H groups in total. The van der Waals surface area contributed by atoms with Crippen molar-refractivity contribution in [3.05, 3.63) is 94.6 Å². The number of rotatable bonds is 6. The zero-order chi connectivity index (χ0) is 27.0. The number of aromatic hydroxyl groups is 1. The van der Waals surface area contributed by atoms with Gasteiger partial charge in [-0.25, -0.2) is 0 Å². The third-order valence-corrected chi connectivity index (χ3v) is 6.69. The number of benzene rings is 3. The lowest BCUT2D eigenvalue weighted by Gasteiger charge is -2.25. The van der Waals surface area contributed by atoms with Gasteiger partial charge in [0.15, 0.2) is 0 Å². The number of carbonyl (C=O) groups excluding carboxylic acids is 3. The van der Waals surface area contributed by atoms with Gasteiger partial charge in [0.2, 0.25) is 0 Å². The molecule has 3 aromatic rings. The zero-order valence-electron chi connectivity index (χ0n) is 21.0. The van der Waals surface area contributed by atoms with Crippen LogP contribution < -0.4 is 9.64 Å². The number of fused-ring (bicyclic) bond motifs is 1. The van der Waals surface area contributed by atoms with E-state index in [1.165, 1.54) is 17.0 Å². The second kappa shape index (κ2) is 10.0. The van der Waals surface area contributed by atoms with Crippen LogP contribution >= 0.6 is 0 Å². The molecule has 2 heterocycles. The molecule has 2 aliphatic heterocycles. The second-order valence-corrected chi connectivity index (χ2v) is 9.36. The van der Waals surface area contributed by atoms with Gasteiger partial charge in [0.1, 0.15) is 23.4 Å². The molecule has 0 radical (unpaired) electrons. The molecule has 2 unspecified atom stereocenters. The Kier molecular flexibility index (Phi) is 6.63. The third kappa shape index (κ3) is 4.61. The molecule has 3 aromatic carbocycles. The predicted molar refractivity (Wildman–Crippen MR) is 140 cm³/mol. The molecular formula is C30H27NO7. The number of amides is 1. The molecule has 0 aromatic heterocycles. The van der Waals surface area contributed by atoms with Gasteiger partial charge in [0.25, 0.3) is 11.7 Å². The van der Waals surface area contributed by atoms with Crippen molar-refractivity contribution in [3.63, 3.8) is 0 Å². The van der Waals surface area contributed by atoms with Crippen LogP contribution in [0.2, 0.25) is 0 Å². The van der Waals surface area contributed by atoms with Gasteiger partial charge < -0.3 is 19.7 Å². The summed E-state index contributed by atoms with van der Waals surface area (Å²) in [6.07, 6.45) is 0.760. The molecule has 8 heteroatoms. The summed E-state index contributed by atoms with van der Waals surface area (Å²) in [7, 11) is 0. The SMILES string of the molecule is CCOC(=O)Cc1ccc(N2C(=O)C(=O)/C(=C(\O)c3ccc4c(c3)CC(C)O4)C2c2ccc(O)cc2)cc1. The van der Waals surface area contributed by atoms with Crippen molar-refractivity contribution in [2.45, 2.75) is 38.8 Å². The van der Waals surface area contributed by atoms with Crippen LogP contribution in [0.4, 0.5) is 5.69 Å². The first kappa shape index (κ1) is 25.1. The summed E-state index contributed by atoms with van der Waals surface area (Å²) in [5.74, 6) is -1.50. The van der Waals surface area contributed by atoms with Crippen molar-refractivity contribution < 1.29 is 34.1 Å². The van der Waals surface area contributed by atoms with Gasteiger partial charge in [-0.2, -0.15) is 0 Å². The smallest absolute Gasteiger partial charge is 0.310 e. The summed E-state index contributed by atoms with van der Waals surface area (Å²) < 4.78 is 10.7. The number of carbonyl (C=O) groups is 3. The van der Waals surface area contributed by atoms with Crippen molar-refractivity contribution in [2.75, 3.05) is 11.5 Å². The topological polar surface area (TPSA) is 113 Å². The molecule has 1 amide bonds. The number of ether oxygens (including phenoxy) is 2. The van der Waals surface area contributed by atoms with Gasteiger partial charge in [-0.3, -0.25) is 19.3 Å². The summed E-state index contributed by atoms with van der Waals surface area (Å²) in [5.41, 5.74) is 2.93. The van der Waals surface area contributed by atoms with Gasteiger partial charge in [0, 0.05) is 17.7 Å². The average Bonchev–Trinajstić information content (AvgIpc) is 3.40. The van der Waals surface area contributed by atoms with Crippen molar-refractivity contribution >= 4 is 29.1 Å². The molecule has 0 bridgehead atoms. The highest BCUT2D eigenvalue weighted by Gasteiger charge is 2.47. The van der Waals surface area contributed by atoms with Crippen LogP contribution in [0.5, 0.6) is 11.5 Å². The fourth-order valence-electron chi connectivity index (χ4n) is 4.95. The number of aliphatic hydroxyl groups excluding tert-OH is 1. The van der Waals surface area contributed by atoms with Crippen molar-refractivity contribution in [2.24, 2.45) is 0 Å². The van der Waals surface area contributed by atoms with E-state index in [0.717, 1.165) is 11.3 Å². The van der Waals surface area contributed by atoms with E-state index in [1.54, 1.807) is 61.5 Å². The lowest BCUT2D eigenvalue weighted by Crippen LogP contribution is -2.29. The minimum absolute atomic E-state index is 0.0109. The van der Waals surface area contributed by atoms with Crippen molar-refractivity contribution in [3.8, 4) is 11.5 Å². The zero-order valence-corrected chi connectivity index (χ0v) is 21.0. The summed E-state index contributed by atoms with van der Waals surface area (Å²) in [5, 5.41) is 21.2. The normalized spacial score (nSPS) is 19.8. The van der Waals surface area contributed by atoms with E-state index in [-0.39, 0.29) is 42.2 Å². The monoisotopic (exact) mass is 513 g/mol. The maximum atomic E-state index is 13.4. The number of hydrogen-bond donors (Lipinski definition) is 2. The first-order chi connectivity index (χ1) is 18.3. The van der Waals surface area contributed by atoms with E-state index in [0.29, 0.717) is 28.8 Å². The van der Waals surface area contributed by atoms with E-state index in [9.17, 15) is 24.6 Å². The molecule has 5 rings (SSSR count). The molecule has 0 spiro atoms. The van der Waals surface area contributed by atoms with Gasteiger partial charge >= 0.3 is 5.97 Å². The van der Waals surface area contributed by atoms with Gasteiger partial charge in [-0.1, -0.05) is 24.3 Å². The van der Waals surface area contributed by atoms with Crippen molar-refractivity contribution in [1.29, 1.82) is 0 Å². The molecule has 2 atom stereocenters. The van der Waals surface area contributed by atoms with Crippen LogP contribution in [0.3, 0.4) is 0 Å². The number of anilines is 1. The maximum Gasteiger partial charge on any atom is 0.310 e. The van der Waals surface area contributed by atoms with Gasteiger partial charge in [-0.05, 0) is 73.0 Å². The third-order valence-electron chi connectivity index (χ3n) is 6.69. The van der Waals surface area contributed by atoms with E-state index >= 15 is 0 Å². The summed E-state index contributed by atoms with van der Waals surface area (Å²) in [6, 6.07) is 17.1. The maximum absolute atomic E-state index is 13.4. The number of esters is 1. The Morgan fingerprint density at radius 2 is 1.76 bits per heavy atom. The first-order valence-corrected chi connectivity index (χ1v) is 12.4. The minimum atomic E-state index is -0.935. The fourth-order valence-corrected chi connectivity index (χ4v) is 4.95. The molecule has 1 saturated heterocycles. The Morgan fingerprint density at radius 1 is 1.05 bits per heavy atom. The number of phenols is 1. The summed E-state index contributed by atoms with van der Waals surface area (Å²) >= 11 is 0. The van der Waals surface area contributed by atoms with E-state index in [4.69, 9.17) is 9.47 Å². The number of Topliss-reactive ketones (excluding diaryl/α,β-unsaturated/α-hetero) is 1. The number of ketones is 1. The number of hydrogen-bond acceptors (Lipinski definition) is 7. The molecule has 1 fully saturated rings. The van der Waals surface area contributed by atoms with Crippen LogP contribution in [-0.2, 0) is 32.0 Å². The Bertz CT molecular complexity index is 1440. The minimum Gasteiger partial charge on any atom is -0.508 e. The van der Waals surface area contributed by atoms with Crippen LogP contribution in [0.25, 0.3) is 5.76 Å². The summed E-state index contributed by atoms with van der Waals surface area (Å²) in [6.45, 7) is 3.97. The summed E-state index contributed by atoms with van der Waals surface area (Å²) in [4.78, 5) is 39.9.